The van der Waals surface area contributed by atoms with Crippen LogP contribution in [0.3, 0.4) is 0 Å². The summed E-state index contributed by atoms with van der Waals surface area (Å²) in [5.74, 6) is 0.881. The van der Waals surface area contributed by atoms with Crippen molar-refractivity contribution < 1.29 is 4.79 Å². The van der Waals surface area contributed by atoms with Crippen molar-refractivity contribution in [2.24, 2.45) is 5.73 Å². The molecule has 0 aliphatic rings. The lowest BCUT2D eigenvalue weighted by Crippen LogP contribution is -2.42. The van der Waals surface area contributed by atoms with Gasteiger partial charge in [0.15, 0.2) is 0 Å². The van der Waals surface area contributed by atoms with Crippen molar-refractivity contribution in [1.29, 1.82) is 0 Å². The van der Waals surface area contributed by atoms with E-state index in [2.05, 4.69) is 32.9 Å². The molecule has 1 aromatic rings. The molecule has 3 nitrogen and oxygen atoms in total. The number of benzene rings is 1. The van der Waals surface area contributed by atoms with Crippen molar-refractivity contribution in [3.8, 4) is 0 Å². The van der Waals surface area contributed by atoms with E-state index in [0.717, 1.165) is 11.4 Å². The topological polar surface area (TPSA) is 46.3 Å². The minimum Gasteiger partial charge on any atom is -0.320 e. The Morgan fingerprint density at radius 3 is 2.30 bits per heavy atom. The number of nitrogens with zero attached hydrogens (tertiary/aromatic N) is 1. The average Bonchev–Trinajstić information content (AvgIpc) is 2.42. The smallest absolute Gasteiger partial charge is 0.243 e. The summed E-state index contributed by atoms with van der Waals surface area (Å²) in [6.07, 6.45) is 2.73. The third kappa shape index (κ3) is 4.53. The van der Waals surface area contributed by atoms with E-state index >= 15 is 0 Å². The van der Waals surface area contributed by atoms with E-state index in [4.69, 9.17) is 5.73 Å². The van der Waals surface area contributed by atoms with Crippen LogP contribution in [0.5, 0.6) is 0 Å². The van der Waals surface area contributed by atoms with Crippen LogP contribution in [0.15, 0.2) is 24.3 Å². The highest BCUT2D eigenvalue weighted by atomic mass is 32.2. The molecule has 0 spiro atoms. The number of hydrogen-bond acceptors (Lipinski definition) is 3. The Kier molecular flexibility index (Phi) is 6.08. The fraction of sp³-hybridized carbons (Fsp3) is 0.562. The largest absolute Gasteiger partial charge is 0.320 e. The maximum absolute atomic E-state index is 12.2. The summed E-state index contributed by atoms with van der Waals surface area (Å²) < 4.78 is 0. The number of anilines is 1. The van der Waals surface area contributed by atoms with Gasteiger partial charge in [-0.3, -0.25) is 4.79 Å². The normalized spacial score (nSPS) is 13.1. The summed E-state index contributed by atoms with van der Waals surface area (Å²) in [4.78, 5) is 13.9. The van der Waals surface area contributed by atoms with E-state index in [0.29, 0.717) is 6.42 Å². The highest BCUT2D eigenvalue weighted by Crippen LogP contribution is 2.24. The first kappa shape index (κ1) is 17.1. The molecule has 0 heterocycles. The van der Waals surface area contributed by atoms with Crippen molar-refractivity contribution in [3.63, 3.8) is 0 Å². The Morgan fingerprint density at radius 2 is 1.85 bits per heavy atom. The van der Waals surface area contributed by atoms with E-state index in [1.807, 2.05) is 18.4 Å². The van der Waals surface area contributed by atoms with Gasteiger partial charge in [-0.15, -0.1) is 0 Å². The number of carbonyl (C=O) groups excluding carboxylic acids is 1. The van der Waals surface area contributed by atoms with Crippen molar-refractivity contribution in [2.45, 2.75) is 38.6 Å². The highest BCUT2D eigenvalue weighted by Gasteiger charge is 2.19. The second-order valence-electron chi connectivity index (χ2n) is 6.08. The van der Waals surface area contributed by atoms with Gasteiger partial charge in [0.1, 0.15) is 0 Å². The molecular formula is C16H26N2OS. The van der Waals surface area contributed by atoms with Gasteiger partial charge < -0.3 is 10.6 Å². The van der Waals surface area contributed by atoms with E-state index in [1.165, 1.54) is 5.56 Å². The molecule has 4 heteroatoms. The van der Waals surface area contributed by atoms with Crippen LogP contribution in [0.1, 0.15) is 32.8 Å². The first-order chi connectivity index (χ1) is 9.27. The van der Waals surface area contributed by atoms with Crippen LogP contribution in [0.25, 0.3) is 0 Å². The SMILES string of the molecule is CSCC[C@H](N)C(=O)N(C)c1ccc(C(C)(C)C)cc1. The Labute approximate surface area is 126 Å². The van der Waals surface area contributed by atoms with Crippen LogP contribution >= 0.6 is 11.8 Å². The van der Waals surface area contributed by atoms with Gasteiger partial charge in [0.2, 0.25) is 5.91 Å². The molecule has 0 fully saturated rings. The monoisotopic (exact) mass is 294 g/mol. The molecule has 1 atom stereocenters. The zero-order chi connectivity index (χ0) is 15.3. The minimum absolute atomic E-state index is 0.0254. The average molecular weight is 294 g/mol. The molecule has 1 aromatic carbocycles. The van der Waals surface area contributed by atoms with Crippen LogP contribution in [0.2, 0.25) is 0 Å². The molecule has 1 amide bonds. The molecule has 0 bridgehead atoms. The fourth-order valence-electron chi connectivity index (χ4n) is 1.93. The molecule has 2 N–H and O–H groups in total. The molecule has 0 radical (unpaired) electrons. The fourth-order valence-corrected chi connectivity index (χ4v) is 2.42. The lowest BCUT2D eigenvalue weighted by Gasteiger charge is -2.23. The van der Waals surface area contributed by atoms with E-state index in [-0.39, 0.29) is 11.3 Å². The van der Waals surface area contributed by atoms with E-state index in [1.54, 1.807) is 23.7 Å². The van der Waals surface area contributed by atoms with Crippen LogP contribution in [-0.4, -0.2) is 31.0 Å². The summed E-state index contributed by atoms with van der Waals surface area (Å²) in [6, 6.07) is 7.70. The Morgan fingerprint density at radius 1 is 1.30 bits per heavy atom. The van der Waals surface area contributed by atoms with Crippen LogP contribution in [0.4, 0.5) is 5.69 Å². The van der Waals surface area contributed by atoms with Gasteiger partial charge in [0, 0.05) is 12.7 Å². The maximum atomic E-state index is 12.2. The third-order valence-electron chi connectivity index (χ3n) is 3.40. The molecule has 1 rings (SSSR count). The van der Waals surface area contributed by atoms with Crippen molar-refractivity contribution in [1.82, 2.24) is 0 Å². The Hall–Kier alpha value is -1.00. The molecule has 0 aromatic heterocycles. The van der Waals surface area contributed by atoms with Gasteiger partial charge in [-0.1, -0.05) is 32.9 Å². The first-order valence-corrected chi connectivity index (χ1v) is 8.29. The van der Waals surface area contributed by atoms with E-state index < -0.39 is 6.04 Å². The van der Waals surface area contributed by atoms with Gasteiger partial charge in [-0.05, 0) is 41.5 Å². The molecule has 0 saturated carbocycles. The molecule has 0 aliphatic heterocycles. The van der Waals surface area contributed by atoms with Crippen molar-refractivity contribution in [3.05, 3.63) is 29.8 Å². The summed E-state index contributed by atoms with van der Waals surface area (Å²) in [5, 5.41) is 0. The van der Waals surface area contributed by atoms with Gasteiger partial charge >= 0.3 is 0 Å². The highest BCUT2D eigenvalue weighted by molar-refractivity contribution is 7.98. The minimum atomic E-state index is -0.422. The standard InChI is InChI=1S/C16H26N2OS/c1-16(2,3)12-6-8-13(9-7-12)18(4)15(19)14(17)10-11-20-5/h6-9,14H,10-11,17H2,1-5H3/t14-/m0/s1. The van der Waals surface area contributed by atoms with Crippen molar-refractivity contribution >= 4 is 23.4 Å². The van der Waals surface area contributed by atoms with Crippen LogP contribution in [0, 0.1) is 0 Å². The maximum Gasteiger partial charge on any atom is 0.243 e. The number of carbonyl (C=O) groups is 1. The number of amides is 1. The predicted molar refractivity (Wildman–Crippen MR) is 89.5 cm³/mol. The summed E-state index contributed by atoms with van der Waals surface area (Å²) >= 11 is 1.71. The Balaban J connectivity index is 2.77. The van der Waals surface area contributed by atoms with Gasteiger partial charge in [-0.2, -0.15) is 11.8 Å². The number of thioether (sulfide) groups is 1. The number of hydrogen-bond donors (Lipinski definition) is 1. The quantitative estimate of drug-likeness (QED) is 0.908. The molecule has 0 saturated heterocycles. The molecule has 112 valence electrons. The van der Waals surface area contributed by atoms with Crippen LogP contribution in [-0.2, 0) is 10.2 Å². The van der Waals surface area contributed by atoms with Gasteiger partial charge in [-0.25, -0.2) is 0 Å². The zero-order valence-electron chi connectivity index (χ0n) is 13.1. The van der Waals surface area contributed by atoms with Gasteiger partial charge in [0.25, 0.3) is 0 Å². The predicted octanol–water partition coefficient (Wildman–Crippen LogP) is 3.03. The van der Waals surface area contributed by atoms with Gasteiger partial charge in [0.05, 0.1) is 6.04 Å². The molecule has 0 unspecified atom stereocenters. The number of nitrogens with two attached hydrogens (primary N) is 1. The molecule has 20 heavy (non-hydrogen) atoms. The molecular weight excluding hydrogens is 268 g/mol. The summed E-state index contributed by atoms with van der Waals surface area (Å²) in [5.41, 5.74) is 8.21. The number of rotatable bonds is 5. The van der Waals surface area contributed by atoms with Crippen molar-refractivity contribution in [2.75, 3.05) is 24.0 Å². The molecule has 0 aliphatic carbocycles. The third-order valence-corrected chi connectivity index (χ3v) is 4.05. The number of likely N-dealkylation sites (N-methyl/N-ethyl adjacent to an activating group) is 1. The lowest BCUT2D eigenvalue weighted by atomic mass is 9.87. The first-order valence-electron chi connectivity index (χ1n) is 6.90. The zero-order valence-corrected chi connectivity index (χ0v) is 14.0. The van der Waals surface area contributed by atoms with E-state index in [9.17, 15) is 4.79 Å². The second kappa shape index (κ2) is 7.14. The summed E-state index contributed by atoms with van der Waals surface area (Å²) in [7, 11) is 1.79. The van der Waals surface area contributed by atoms with Crippen LogP contribution < -0.4 is 10.6 Å². The second-order valence-corrected chi connectivity index (χ2v) is 7.07. The Bertz CT molecular complexity index is 437. The lowest BCUT2D eigenvalue weighted by molar-refractivity contribution is -0.119. The summed E-state index contributed by atoms with van der Waals surface area (Å²) in [6.45, 7) is 6.53.